The summed E-state index contributed by atoms with van der Waals surface area (Å²) in [5.41, 5.74) is 0.343. The van der Waals surface area contributed by atoms with Gasteiger partial charge in [-0.15, -0.1) is 0 Å². The van der Waals surface area contributed by atoms with Crippen LogP contribution in [0.25, 0.3) is 0 Å². The van der Waals surface area contributed by atoms with Gasteiger partial charge >= 0.3 is 0 Å². The molecule has 0 aromatic rings. The summed E-state index contributed by atoms with van der Waals surface area (Å²) in [5, 5.41) is 0. The lowest BCUT2D eigenvalue weighted by Gasteiger charge is -2.27. The van der Waals surface area contributed by atoms with Gasteiger partial charge in [0, 0.05) is 19.5 Å². The molecule has 1 aliphatic carbocycles. The monoisotopic (exact) mass is 183 g/mol. The molecule has 3 heteroatoms. The van der Waals surface area contributed by atoms with Gasteiger partial charge in [-0.3, -0.25) is 4.79 Å². The van der Waals surface area contributed by atoms with E-state index in [0.29, 0.717) is 24.5 Å². The van der Waals surface area contributed by atoms with Gasteiger partial charge in [0.2, 0.25) is 5.91 Å². The Morgan fingerprint density at radius 3 is 2.54 bits per heavy atom. The van der Waals surface area contributed by atoms with Gasteiger partial charge in [0.15, 0.2) is 0 Å². The van der Waals surface area contributed by atoms with E-state index in [4.69, 9.17) is 4.74 Å². The van der Waals surface area contributed by atoms with Crippen molar-refractivity contribution in [2.75, 3.05) is 26.3 Å². The van der Waals surface area contributed by atoms with Crippen LogP contribution < -0.4 is 0 Å². The zero-order chi connectivity index (χ0) is 9.31. The van der Waals surface area contributed by atoms with Gasteiger partial charge in [0.25, 0.3) is 0 Å². The molecule has 0 aromatic heterocycles. The first-order valence-corrected chi connectivity index (χ1v) is 5.05. The minimum absolute atomic E-state index is 0.323. The Morgan fingerprint density at radius 1 is 1.38 bits per heavy atom. The maximum Gasteiger partial charge on any atom is 0.223 e. The Kier molecular flexibility index (Phi) is 2.28. The van der Waals surface area contributed by atoms with Gasteiger partial charge in [0.1, 0.15) is 0 Å². The molecular weight excluding hydrogens is 166 g/mol. The maximum atomic E-state index is 11.7. The topological polar surface area (TPSA) is 29.5 Å². The van der Waals surface area contributed by atoms with E-state index < -0.39 is 0 Å². The summed E-state index contributed by atoms with van der Waals surface area (Å²) < 4.78 is 5.20. The number of carbonyl (C=O) groups is 1. The quantitative estimate of drug-likeness (QED) is 0.640. The molecule has 3 nitrogen and oxygen atoms in total. The van der Waals surface area contributed by atoms with Gasteiger partial charge < -0.3 is 9.64 Å². The molecule has 2 rings (SSSR count). The molecule has 0 atom stereocenters. The number of carbonyl (C=O) groups excluding carboxylic acids is 1. The van der Waals surface area contributed by atoms with E-state index in [0.717, 1.165) is 19.5 Å². The van der Waals surface area contributed by atoms with Crippen LogP contribution in [0.3, 0.4) is 0 Å². The Hall–Kier alpha value is -0.570. The van der Waals surface area contributed by atoms with E-state index in [1.54, 1.807) is 0 Å². The molecule has 0 radical (unpaired) electrons. The van der Waals surface area contributed by atoms with Gasteiger partial charge in [-0.05, 0) is 18.3 Å². The minimum atomic E-state index is 0.323. The highest BCUT2D eigenvalue weighted by molar-refractivity contribution is 5.77. The number of nitrogens with zero attached hydrogens (tertiary/aromatic N) is 1. The van der Waals surface area contributed by atoms with Crippen molar-refractivity contribution in [1.29, 1.82) is 0 Å². The van der Waals surface area contributed by atoms with Gasteiger partial charge in [-0.1, -0.05) is 6.92 Å². The lowest BCUT2D eigenvalue weighted by atomic mass is 10.0. The van der Waals surface area contributed by atoms with E-state index in [2.05, 4.69) is 6.92 Å². The van der Waals surface area contributed by atoms with Crippen LogP contribution in [0.5, 0.6) is 0 Å². The predicted octanol–water partition coefficient (Wildman–Crippen LogP) is 1.04. The third kappa shape index (κ3) is 2.21. The lowest BCUT2D eigenvalue weighted by molar-refractivity contribution is -0.136. The van der Waals surface area contributed by atoms with E-state index in [1.807, 2.05) is 4.90 Å². The molecule has 1 heterocycles. The van der Waals surface area contributed by atoms with Gasteiger partial charge in [0.05, 0.1) is 13.2 Å². The molecule has 1 aliphatic heterocycles. The second-order valence-corrected chi connectivity index (χ2v) is 4.48. The number of hydrogen-bond acceptors (Lipinski definition) is 2. The van der Waals surface area contributed by atoms with E-state index >= 15 is 0 Å². The molecule has 0 spiro atoms. The van der Waals surface area contributed by atoms with Crippen molar-refractivity contribution in [3.63, 3.8) is 0 Å². The summed E-state index contributed by atoms with van der Waals surface area (Å²) in [6.07, 6.45) is 3.19. The van der Waals surface area contributed by atoms with Crippen LogP contribution in [0.4, 0.5) is 0 Å². The predicted molar refractivity (Wildman–Crippen MR) is 49.4 cm³/mol. The first kappa shape index (κ1) is 9.00. The molecule has 1 saturated carbocycles. The highest BCUT2D eigenvalue weighted by Gasteiger charge is 2.40. The minimum Gasteiger partial charge on any atom is -0.378 e. The molecule has 1 saturated heterocycles. The number of amides is 1. The number of morpholine rings is 1. The second-order valence-electron chi connectivity index (χ2n) is 4.48. The first-order chi connectivity index (χ1) is 6.20. The van der Waals surface area contributed by atoms with Crippen molar-refractivity contribution < 1.29 is 9.53 Å². The fourth-order valence-electron chi connectivity index (χ4n) is 1.68. The van der Waals surface area contributed by atoms with Crippen molar-refractivity contribution in [1.82, 2.24) is 4.90 Å². The molecule has 74 valence electrons. The Morgan fingerprint density at radius 2 is 2.00 bits per heavy atom. The summed E-state index contributed by atoms with van der Waals surface area (Å²) in [7, 11) is 0. The molecular formula is C10H17NO2. The smallest absolute Gasteiger partial charge is 0.223 e. The van der Waals surface area contributed by atoms with Crippen LogP contribution in [0.2, 0.25) is 0 Å². The molecule has 1 amide bonds. The first-order valence-electron chi connectivity index (χ1n) is 5.05. The summed E-state index contributed by atoms with van der Waals surface area (Å²) in [6, 6.07) is 0. The van der Waals surface area contributed by atoms with Crippen LogP contribution in [0, 0.1) is 5.41 Å². The maximum absolute atomic E-state index is 11.7. The van der Waals surface area contributed by atoms with Crippen molar-refractivity contribution in [3.8, 4) is 0 Å². The van der Waals surface area contributed by atoms with Crippen molar-refractivity contribution in [3.05, 3.63) is 0 Å². The molecule has 2 aliphatic rings. The SMILES string of the molecule is CC1(CC(=O)N2CCOCC2)CC1. The Bertz CT molecular complexity index is 205. The third-order valence-corrected chi connectivity index (χ3v) is 3.05. The number of ether oxygens (including phenoxy) is 1. The summed E-state index contributed by atoms with van der Waals surface area (Å²) in [6.45, 7) is 5.19. The van der Waals surface area contributed by atoms with E-state index in [1.165, 1.54) is 12.8 Å². The second kappa shape index (κ2) is 3.29. The number of rotatable bonds is 2. The molecule has 2 fully saturated rings. The Labute approximate surface area is 79.0 Å². The molecule has 0 aromatic carbocycles. The summed E-state index contributed by atoms with van der Waals surface area (Å²) >= 11 is 0. The molecule has 0 N–H and O–H groups in total. The van der Waals surface area contributed by atoms with Crippen LogP contribution >= 0.6 is 0 Å². The average Bonchev–Trinajstić information content (AvgIpc) is 2.85. The van der Waals surface area contributed by atoms with Crippen LogP contribution in [0.1, 0.15) is 26.2 Å². The highest BCUT2D eigenvalue weighted by atomic mass is 16.5. The van der Waals surface area contributed by atoms with Crippen molar-refractivity contribution in [2.45, 2.75) is 26.2 Å². The zero-order valence-electron chi connectivity index (χ0n) is 8.21. The van der Waals surface area contributed by atoms with E-state index in [9.17, 15) is 4.79 Å². The Balaban J connectivity index is 1.81. The standard InChI is InChI=1S/C10H17NO2/c1-10(2-3-10)8-9(12)11-4-6-13-7-5-11/h2-8H2,1H3. The normalized spacial score (nSPS) is 25.8. The number of hydrogen-bond donors (Lipinski definition) is 0. The third-order valence-electron chi connectivity index (χ3n) is 3.05. The van der Waals surface area contributed by atoms with Gasteiger partial charge in [-0.2, -0.15) is 0 Å². The fourth-order valence-corrected chi connectivity index (χ4v) is 1.68. The molecule has 0 bridgehead atoms. The van der Waals surface area contributed by atoms with Crippen LogP contribution in [0.15, 0.2) is 0 Å². The van der Waals surface area contributed by atoms with E-state index in [-0.39, 0.29) is 0 Å². The van der Waals surface area contributed by atoms with Crippen LogP contribution in [-0.2, 0) is 9.53 Å². The molecule has 0 unspecified atom stereocenters. The van der Waals surface area contributed by atoms with Crippen molar-refractivity contribution >= 4 is 5.91 Å². The highest BCUT2D eigenvalue weighted by Crippen LogP contribution is 2.48. The average molecular weight is 183 g/mol. The van der Waals surface area contributed by atoms with Crippen molar-refractivity contribution in [2.24, 2.45) is 5.41 Å². The van der Waals surface area contributed by atoms with Crippen LogP contribution in [-0.4, -0.2) is 37.1 Å². The largest absolute Gasteiger partial charge is 0.378 e. The molecule has 13 heavy (non-hydrogen) atoms. The zero-order valence-corrected chi connectivity index (χ0v) is 8.21. The summed E-state index contributed by atoms with van der Waals surface area (Å²) in [5.74, 6) is 0.323. The van der Waals surface area contributed by atoms with Gasteiger partial charge in [-0.25, -0.2) is 0 Å². The lowest BCUT2D eigenvalue weighted by Crippen LogP contribution is -2.41. The summed E-state index contributed by atoms with van der Waals surface area (Å²) in [4.78, 5) is 13.7. The fraction of sp³-hybridized carbons (Fsp3) is 0.900.